The van der Waals surface area contributed by atoms with Crippen LogP contribution in [0.1, 0.15) is 11.1 Å². The molecule has 1 aliphatic heterocycles. The number of nitrogens with zero attached hydrogens (tertiary/aromatic N) is 2. The summed E-state index contributed by atoms with van der Waals surface area (Å²) < 4.78 is 33.7. The highest BCUT2D eigenvalue weighted by atomic mass is 79.9. The number of hydrogen-bond donors (Lipinski definition) is 0. The molecule has 2 aromatic rings. The lowest BCUT2D eigenvalue weighted by Gasteiger charge is -2.31. The molecule has 140 valence electrons. The SMILES string of the molecule is Cc1ccc(Br)cc1S(=O)(=O)N(C)Cc1ccccc1N1CCOCC1. The smallest absolute Gasteiger partial charge is 0.243 e. The van der Waals surface area contributed by atoms with Gasteiger partial charge in [0.05, 0.1) is 18.1 Å². The zero-order valence-corrected chi connectivity index (χ0v) is 17.4. The lowest BCUT2D eigenvalue weighted by atomic mass is 10.1. The number of sulfonamides is 1. The maximum Gasteiger partial charge on any atom is 0.243 e. The monoisotopic (exact) mass is 438 g/mol. The third-order valence-corrected chi connectivity index (χ3v) is 7.01. The molecule has 0 atom stereocenters. The zero-order chi connectivity index (χ0) is 18.7. The standard InChI is InChI=1S/C19H23BrN2O3S/c1-15-7-8-17(20)13-19(15)26(23,24)21(2)14-16-5-3-4-6-18(16)22-9-11-25-12-10-22/h3-8,13H,9-12,14H2,1-2H3. The van der Waals surface area contributed by atoms with Gasteiger partial charge >= 0.3 is 0 Å². The summed E-state index contributed by atoms with van der Waals surface area (Å²) in [6, 6.07) is 13.3. The fourth-order valence-corrected chi connectivity index (χ4v) is 5.01. The molecule has 0 radical (unpaired) electrons. The van der Waals surface area contributed by atoms with Crippen molar-refractivity contribution >= 4 is 31.6 Å². The van der Waals surface area contributed by atoms with Gasteiger partial charge in [-0.2, -0.15) is 4.31 Å². The van der Waals surface area contributed by atoms with Gasteiger partial charge in [0.15, 0.2) is 0 Å². The molecule has 0 spiro atoms. The van der Waals surface area contributed by atoms with Gasteiger partial charge in [-0.15, -0.1) is 0 Å². The molecule has 26 heavy (non-hydrogen) atoms. The van der Waals surface area contributed by atoms with Gasteiger partial charge in [0.25, 0.3) is 0 Å². The van der Waals surface area contributed by atoms with Crippen LogP contribution in [0.2, 0.25) is 0 Å². The fourth-order valence-electron chi connectivity index (χ4n) is 3.10. The van der Waals surface area contributed by atoms with Crippen LogP contribution in [0.25, 0.3) is 0 Å². The van der Waals surface area contributed by atoms with Gasteiger partial charge in [0.2, 0.25) is 10.0 Å². The van der Waals surface area contributed by atoms with E-state index < -0.39 is 10.0 Å². The third kappa shape index (κ3) is 4.11. The summed E-state index contributed by atoms with van der Waals surface area (Å²) in [4.78, 5) is 2.59. The maximum absolute atomic E-state index is 13.1. The fraction of sp³-hybridized carbons (Fsp3) is 0.368. The number of rotatable bonds is 5. The minimum absolute atomic E-state index is 0.321. The largest absolute Gasteiger partial charge is 0.378 e. The Bertz CT molecular complexity index is 880. The van der Waals surface area contributed by atoms with Gasteiger partial charge in [-0.1, -0.05) is 40.2 Å². The van der Waals surface area contributed by atoms with Crippen LogP contribution < -0.4 is 4.90 Å². The van der Waals surface area contributed by atoms with Crippen molar-refractivity contribution in [1.82, 2.24) is 4.31 Å². The van der Waals surface area contributed by atoms with Crippen LogP contribution in [-0.2, 0) is 21.3 Å². The number of para-hydroxylation sites is 1. The van der Waals surface area contributed by atoms with E-state index >= 15 is 0 Å². The van der Waals surface area contributed by atoms with E-state index in [2.05, 4.69) is 20.8 Å². The lowest BCUT2D eigenvalue weighted by Crippen LogP contribution is -2.37. The second-order valence-corrected chi connectivity index (χ2v) is 9.33. The second-order valence-electron chi connectivity index (χ2n) is 6.40. The van der Waals surface area contributed by atoms with E-state index in [0.29, 0.717) is 24.7 Å². The van der Waals surface area contributed by atoms with Crippen molar-refractivity contribution in [2.75, 3.05) is 38.3 Å². The quantitative estimate of drug-likeness (QED) is 0.717. The molecule has 0 unspecified atom stereocenters. The van der Waals surface area contributed by atoms with Gasteiger partial charge in [-0.05, 0) is 36.2 Å². The molecule has 3 rings (SSSR count). The van der Waals surface area contributed by atoms with Crippen molar-refractivity contribution in [2.45, 2.75) is 18.4 Å². The molecule has 0 amide bonds. The minimum Gasteiger partial charge on any atom is -0.378 e. The Morgan fingerprint density at radius 1 is 1.15 bits per heavy atom. The predicted molar refractivity (Wildman–Crippen MR) is 107 cm³/mol. The lowest BCUT2D eigenvalue weighted by molar-refractivity contribution is 0.122. The summed E-state index contributed by atoms with van der Waals surface area (Å²) in [5.74, 6) is 0. The molecule has 0 bridgehead atoms. The Labute approximate surface area is 163 Å². The van der Waals surface area contributed by atoms with E-state index in [4.69, 9.17) is 4.74 Å². The summed E-state index contributed by atoms with van der Waals surface area (Å²) >= 11 is 3.37. The van der Waals surface area contributed by atoms with E-state index in [1.807, 2.05) is 43.3 Å². The zero-order valence-electron chi connectivity index (χ0n) is 15.0. The predicted octanol–water partition coefficient (Wildman–Crippen LogP) is 3.41. The summed E-state index contributed by atoms with van der Waals surface area (Å²) in [6.45, 7) is 5.16. The molecule has 1 fully saturated rings. The highest BCUT2D eigenvalue weighted by Crippen LogP contribution is 2.27. The highest BCUT2D eigenvalue weighted by Gasteiger charge is 2.25. The summed E-state index contributed by atoms with van der Waals surface area (Å²) in [5.41, 5.74) is 2.80. The molecule has 1 saturated heterocycles. The van der Waals surface area contributed by atoms with Gasteiger partial charge in [0.1, 0.15) is 0 Å². The first kappa shape index (κ1) is 19.4. The van der Waals surface area contributed by atoms with Crippen LogP contribution in [0.15, 0.2) is 51.8 Å². The van der Waals surface area contributed by atoms with Crippen molar-refractivity contribution in [1.29, 1.82) is 0 Å². The van der Waals surface area contributed by atoms with E-state index in [0.717, 1.165) is 34.4 Å². The Hall–Kier alpha value is -1.41. The normalized spacial score (nSPS) is 15.5. The molecule has 0 saturated carbocycles. The van der Waals surface area contributed by atoms with Crippen LogP contribution >= 0.6 is 15.9 Å². The summed E-state index contributed by atoms with van der Waals surface area (Å²) in [6.07, 6.45) is 0. The first-order valence-corrected chi connectivity index (χ1v) is 10.8. The number of morpholine rings is 1. The summed E-state index contributed by atoms with van der Waals surface area (Å²) in [5, 5.41) is 0. The number of aryl methyl sites for hydroxylation is 1. The molecule has 0 aliphatic carbocycles. The van der Waals surface area contributed by atoms with Crippen LogP contribution in [0.3, 0.4) is 0 Å². The average Bonchev–Trinajstić information content (AvgIpc) is 2.64. The molecular formula is C19H23BrN2O3S. The molecule has 0 N–H and O–H groups in total. The van der Waals surface area contributed by atoms with Gasteiger partial charge in [-0.3, -0.25) is 0 Å². The third-order valence-electron chi connectivity index (χ3n) is 4.57. The molecule has 0 aromatic heterocycles. The van der Waals surface area contributed by atoms with Crippen molar-refractivity contribution in [3.63, 3.8) is 0 Å². The highest BCUT2D eigenvalue weighted by molar-refractivity contribution is 9.10. The number of hydrogen-bond acceptors (Lipinski definition) is 4. The van der Waals surface area contributed by atoms with E-state index in [1.54, 1.807) is 13.1 Å². The topological polar surface area (TPSA) is 49.9 Å². The van der Waals surface area contributed by atoms with Crippen LogP contribution in [0.5, 0.6) is 0 Å². The van der Waals surface area contributed by atoms with Crippen molar-refractivity contribution in [2.24, 2.45) is 0 Å². The van der Waals surface area contributed by atoms with Gasteiger partial charge in [-0.25, -0.2) is 8.42 Å². The molecule has 7 heteroatoms. The van der Waals surface area contributed by atoms with Gasteiger partial charge < -0.3 is 9.64 Å². The minimum atomic E-state index is -3.58. The number of ether oxygens (including phenoxy) is 1. The Balaban J connectivity index is 1.88. The first-order valence-electron chi connectivity index (χ1n) is 8.52. The van der Waals surface area contributed by atoms with Gasteiger partial charge in [0, 0.05) is 36.8 Å². The number of benzene rings is 2. The Kier molecular flexibility index (Phi) is 6.02. The average molecular weight is 439 g/mol. The summed E-state index contributed by atoms with van der Waals surface area (Å²) in [7, 11) is -1.95. The molecule has 1 heterocycles. The number of anilines is 1. The molecule has 1 aliphatic rings. The second kappa shape index (κ2) is 8.08. The Morgan fingerprint density at radius 2 is 1.85 bits per heavy atom. The van der Waals surface area contributed by atoms with Crippen LogP contribution in [-0.4, -0.2) is 46.1 Å². The number of halogens is 1. The first-order chi connectivity index (χ1) is 12.4. The molecule has 2 aromatic carbocycles. The van der Waals surface area contributed by atoms with Crippen molar-refractivity contribution in [3.05, 3.63) is 58.1 Å². The molecular weight excluding hydrogens is 416 g/mol. The van der Waals surface area contributed by atoms with Crippen LogP contribution in [0.4, 0.5) is 5.69 Å². The van der Waals surface area contributed by atoms with E-state index in [9.17, 15) is 8.42 Å². The maximum atomic E-state index is 13.1. The van der Waals surface area contributed by atoms with Crippen molar-refractivity contribution < 1.29 is 13.2 Å². The van der Waals surface area contributed by atoms with Crippen molar-refractivity contribution in [3.8, 4) is 0 Å². The van der Waals surface area contributed by atoms with E-state index in [1.165, 1.54) is 4.31 Å². The molecule has 5 nitrogen and oxygen atoms in total. The Morgan fingerprint density at radius 3 is 2.58 bits per heavy atom. The van der Waals surface area contributed by atoms with E-state index in [-0.39, 0.29) is 0 Å². The van der Waals surface area contributed by atoms with Crippen LogP contribution in [0, 0.1) is 6.92 Å².